The van der Waals surface area contributed by atoms with Gasteiger partial charge >= 0.3 is 6.18 Å². The number of aromatic nitrogens is 3. The van der Waals surface area contributed by atoms with E-state index in [2.05, 4.69) is 31.2 Å². The molecule has 2 aliphatic heterocycles. The van der Waals surface area contributed by atoms with E-state index in [1.807, 2.05) is 17.8 Å². The zero-order valence-corrected chi connectivity index (χ0v) is 23.4. The molecule has 228 valence electrons. The summed E-state index contributed by atoms with van der Waals surface area (Å²) < 4.78 is 67.4. The lowest BCUT2D eigenvalue weighted by molar-refractivity contribution is -0.165. The van der Waals surface area contributed by atoms with Crippen molar-refractivity contribution < 1.29 is 31.6 Å². The maximum Gasteiger partial charge on any atom is 0.401 e. The molecule has 10 nitrogen and oxygen atoms in total. The van der Waals surface area contributed by atoms with Crippen LogP contribution in [-0.4, -0.2) is 46.1 Å². The van der Waals surface area contributed by atoms with E-state index in [1.54, 1.807) is 12.3 Å². The average Bonchev–Trinajstić information content (AvgIpc) is 3.54. The maximum atomic E-state index is 15.0. The minimum Gasteiger partial charge on any atom is -0.358 e. The van der Waals surface area contributed by atoms with Crippen LogP contribution in [0, 0.1) is 5.82 Å². The smallest absolute Gasteiger partial charge is 0.358 e. The van der Waals surface area contributed by atoms with Crippen molar-refractivity contribution in [1.82, 2.24) is 20.3 Å². The van der Waals surface area contributed by atoms with Gasteiger partial charge in [0.1, 0.15) is 17.5 Å². The second kappa shape index (κ2) is 11.5. The lowest BCUT2D eigenvalue weighted by atomic mass is 10.0. The second-order valence-electron chi connectivity index (χ2n) is 10.9. The minimum absolute atomic E-state index is 0.0698. The van der Waals surface area contributed by atoms with E-state index in [-0.39, 0.29) is 42.6 Å². The largest absolute Gasteiger partial charge is 0.401 e. The van der Waals surface area contributed by atoms with Crippen LogP contribution in [0.25, 0.3) is 5.57 Å². The number of amides is 1. The molecule has 6 rings (SSSR count). The molecule has 0 spiro atoms. The normalized spacial score (nSPS) is 19.7. The summed E-state index contributed by atoms with van der Waals surface area (Å²) in [5.41, 5.74) is 1.16. The maximum absolute atomic E-state index is 15.0. The predicted molar refractivity (Wildman–Crippen MR) is 150 cm³/mol. The number of rotatable bonds is 8. The topological polar surface area (TPSA) is 119 Å². The fourth-order valence-corrected chi connectivity index (χ4v) is 5.27. The first-order valence-electron chi connectivity index (χ1n) is 14.2. The van der Waals surface area contributed by atoms with Crippen LogP contribution in [0.15, 0.2) is 46.2 Å². The third-order valence-corrected chi connectivity index (χ3v) is 7.96. The van der Waals surface area contributed by atoms with Gasteiger partial charge in [0, 0.05) is 25.4 Å². The van der Waals surface area contributed by atoms with Crippen LogP contribution in [0.2, 0.25) is 0 Å². The number of guanidine groups is 1. The molecule has 14 heteroatoms. The molecular formula is C29H31F4N7O3. The molecule has 3 N–H and O–H groups in total. The number of carbonyl (C=O) groups excluding carboxylic acids is 1. The van der Waals surface area contributed by atoms with E-state index < -0.39 is 23.3 Å². The first-order valence-corrected chi connectivity index (χ1v) is 14.2. The highest BCUT2D eigenvalue weighted by Gasteiger charge is 2.66. The summed E-state index contributed by atoms with van der Waals surface area (Å²) in [5, 5.41) is 17.1. The number of alkyl halides is 3. The number of aryl methyl sites for hydroxylation is 1. The third-order valence-electron chi connectivity index (χ3n) is 7.96. The molecule has 43 heavy (non-hydrogen) atoms. The number of aliphatic imine (C=N–C) groups is 1. The van der Waals surface area contributed by atoms with Crippen LogP contribution in [-0.2, 0) is 27.8 Å². The SMILES string of the molecule is CCc1nn(C2CCCCO2)cc1NC1=NC=C(c2ccc(CC(=O)Nc3cc(C4(C(F)(F)F)CC4)on3)c(F)c2)CN1. The summed E-state index contributed by atoms with van der Waals surface area (Å²) in [6.07, 6.45) is 2.35. The Bertz CT molecular complexity index is 1570. The molecule has 0 radical (unpaired) electrons. The van der Waals surface area contributed by atoms with E-state index in [9.17, 15) is 22.4 Å². The van der Waals surface area contributed by atoms with Crippen LogP contribution in [0.1, 0.15) is 67.8 Å². The molecule has 4 heterocycles. The van der Waals surface area contributed by atoms with E-state index in [0.29, 0.717) is 18.1 Å². The van der Waals surface area contributed by atoms with Crippen molar-refractivity contribution in [2.75, 3.05) is 23.8 Å². The zero-order valence-electron chi connectivity index (χ0n) is 23.4. The number of nitrogens with one attached hydrogen (secondary N) is 3. The van der Waals surface area contributed by atoms with Gasteiger partial charge in [-0.2, -0.15) is 18.3 Å². The molecule has 1 aliphatic carbocycles. The van der Waals surface area contributed by atoms with Gasteiger partial charge < -0.3 is 25.2 Å². The van der Waals surface area contributed by atoms with Gasteiger partial charge in [-0.1, -0.05) is 24.2 Å². The van der Waals surface area contributed by atoms with Gasteiger partial charge in [0.2, 0.25) is 11.9 Å². The number of nitrogens with zero attached hydrogens (tertiary/aromatic N) is 4. The first-order chi connectivity index (χ1) is 20.6. The Balaban J connectivity index is 1.07. The summed E-state index contributed by atoms with van der Waals surface area (Å²) in [6.45, 7) is 3.14. The first kappa shape index (κ1) is 28.9. The van der Waals surface area contributed by atoms with Gasteiger partial charge in [0.05, 0.1) is 24.0 Å². The number of hydrogen-bond donors (Lipinski definition) is 3. The van der Waals surface area contributed by atoms with Gasteiger partial charge in [-0.15, -0.1) is 0 Å². The number of hydrogen-bond acceptors (Lipinski definition) is 8. The highest BCUT2D eigenvalue weighted by Crippen LogP contribution is 2.59. The van der Waals surface area contributed by atoms with E-state index in [4.69, 9.17) is 9.26 Å². The average molecular weight is 602 g/mol. The Morgan fingerprint density at radius 3 is 2.72 bits per heavy atom. The standard InChI is InChI=1S/C29H31F4N7O3/c1-2-21-22(16-40(38-21)26-5-3-4-10-42-26)36-27-34-14-19(15-35-27)17-6-7-18(20(30)11-17)12-25(41)37-24-13-23(43-39-24)28(8-9-28)29(31,32)33/h6-7,11,13-14,16,26H,2-5,8-10,12,15H2,1H3,(H2,34,35,36)(H,37,39,41). The van der Waals surface area contributed by atoms with Gasteiger partial charge in [0.15, 0.2) is 11.6 Å². The van der Waals surface area contributed by atoms with Crippen molar-refractivity contribution in [2.24, 2.45) is 4.99 Å². The highest BCUT2D eigenvalue weighted by molar-refractivity contribution is 5.97. The molecule has 3 aromatic rings. The lowest BCUT2D eigenvalue weighted by Gasteiger charge is -2.22. The Labute approximate surface area is 244 Å². The minimum atomic E-state index is -4.46. The van der Waals surface area contributed by atoms with E-state index in [1.165, 1.54) is 12.1 Å². The predicted octanol–water partition coefficient (Wildman–Crippen LogP) is 5.46. The number of ether oxygens (including phenoxy) is 1. The number of halogens is 4. The quantitative estimate of drug-likeness (QED) is 0.294. The molecule has 2 fully saturated rings. The molecule has 3 aliphatic rings. The fourth-order valence-electron chi connectivity index (χ4n) is 5.27. The highest BCUT2D eigenvalue weighted by atomic mass is 19.4. The molecule has 0 bridgehead atoms. The summed E-state index contributed by atoms with van der Waals surface area (Å²) in [7, 11) is 0. The zero-order chi connectivity index (χ0) is 30.2. The summed E-state index contributed by atoms with van der Waals surface area (Å²) >= 11 is 0. The number of benzene rings is 1. The van der Waals surface area contributed by atoms with Crippen molar-refractivity contribution in [2.45, 2.75) is 69.7 Å². The summed E-state index contributed by atoms with van der Waals surface area (Å²) in [5.74, 6) is -1.17. The van der Waals surface area contributed by atoms with Crippen molar-refractivity contribution >= 4 is 28.9 Å². The van der Waals surface area contributed by atoms with Gasteiger partial charge in [-0.25, -0.2) is 14.1 Å². The molecular weight excluding hydrogens is 570 g/mol. The Morgan fingerprint density at radius 2 is 2.07 bits per heavy atom. The monoisotopic (exact) mass is 601 g/mol. The van der Waals surface area contributed by atoms with Crippen LogP contribution in [0.4, 0.5) is 29.1 Å². The van der Waals surface area contributed by atoms with Gasteiger partial charge in [-0.05, 0) is 61.3 Å². The molecule has 1 unspecified atom stereocenters. The Kier molecular flexibility index (Phi) is 7.71. The summed E-state index contributed by atoms with van der Waals surface area (Å²) in [6, 6.07) is 5.58. The second-order valence-corrected chi connectivity index (χ2v) is 10.9. The van der Waals surface area contributed by atoms with Crippen molar-refractivity contribution in [3.8, 4) is 0 Å². The van der Waals surface area contributed by atoms with Crippen molar-refractivity contribution in [3.63, 3.8) is 0 Å². The third kappa shape index (κ3) is 6.01. The molecule has 1 saturated heterocycles. The van der Waals surface area contributed by atoms with Crippen LogP contribution >= 0.6 is 0 Å². The Hall–Kier alpha value is -4.20. The molecule has 1 saturated carbocycles. The molecule has 2 aromatic heterocycles. The van der Waals surface area contributed by atoms with Crippen molar-refractivity contribution in [3.05, 3.63) is 65.1 Å². The van der Waals surface area contributed by atoms with Crippen LogP contribution < -0.4 is 16.0 Å². The number of anilines is 2. The Morgan fingerprint density at radius 1 is 1.23 bits per heavy atom. The van der Waals surface area contributed by atoms with Gasteiger partial charge in [0.25, 0.3) is 0 Å². The van der Waals surface area contributed by atoms with Crippen LogP contribution in [0.3, 0.4) is 0 Å². The molecule has 1 atom stereocenters. The van der Waals surface area contributed by atoms with E-state index >= 15 is 0 Å². The summed E-state index contributed by atoms with van der Waals surface area (Å²) in [4.78, 5) is 16.9. The lowest BCUT2D eigenvalue weighted by Crippen LogP contribution is -2.34. The number of carbonyl (C=O) groups is 1. The molecule has 1 aromatic carbocycles. The molecule has 1 amide bonds. The van der Waals surface area contributed by atoms with Crippen molar-refractivity contribution in [1.29, 1.82) is 0 Å². The van der Waals surface area contributed by atoms with Crippen LogP contribution in [0.5, 0.6) is 0 Å². The fraction of sp³-hybridized carbons (Fsp3) is 0.448. The van der Waals surface area contributed by atoms with Gasteiger partial charge in [-0.3, -0.25) is 4.79 Å². The van der Waals surface area contributed by atoms with E-state index in [0.717, 1.165) is 55.3 Å².